The number of rotatable bonds is 11. The number of carbonyl (C=O) groups excluding carboxylic acids is 1. The zero-order valence-electron chi connectivity index (χ0n) is 10.3. The van der Waals surface area contributed by atoms with E-state index in [2.05, 4.69) is 0 Å². The summed E-state index contributed by atoms with van der Waals surface area (Å²) in [5, 5.41) is 26.0. The number of hydrogen-bond acceptors (Lipinski definition) is 5. The first-order valence-corrected chi connectivity index (χ1v) is 6.26. The molecule has 0 aliphatic heterocycles. The average molecular weight is 248 g/mol. The van der Waals surface area contributed by atoms with Gasteiger partial charge in [0, 0.05) is 13.0 Å². The number of ether oxygens (including phenoxy) is 1. The summed E-state index contributed by atoms with van der Waals surface area (Å²) in [5.41, 5.74) is 0. The van der Waals surface area contributed by atoms with Gasteiger partial charge in [-0.15, -0.1) is 0 Å². The first kappa shape index (κ1) is 16.4. The van der Waals surface area contributed by atoms with E-state index in [1.165, 1.54) is 0 Å². The molecule has 0 fully saturated rings. The number of unbranched alkanes of at least 4 members (excludes halogenated alkanes) is 5. The molecular weight excluding hydrogens is 224 g/mol. The van der Waals surface area contributed by atoms with Gasteiger partial charge in [-0.25, -0.2) is 0 Å². The quantitative estimate of drug-likeness (QED) is 0.368. The average Bonchev–Trinajstić information content (AvgIpc) is 2.34. The Labute approximate surface area is 102 Å². The fourth-order valence-corrected chi connectivity index (χ4v) is 1.40. The summed E-state index contributed by atoms with van der Waals surface area (Å²) in [4.78, 5) is 11.2. The predicted octanol–water partition coefficient (Wildman–Crippen LogP) is 0.606. The second kappa shape index (κ2) is 11.8. The summed E-state index contributed by atoms with van der Waals surface area (Å²) in [6, 6.07) is 0. The van der Waals surface area contributed by atoms with Crippen LogP contribution in [0, 0.1) is 0 Å². The zero-order chi connectivity index (χ0) is 12.9. The van der Waals surface area contributed by atoms with E-state index in [0.717, 1.165) is 38.5 Å². The Bertz CT molecular complexity index is 184. The summed E-state index contributed by atoms with van der Waals surface area (Å²) >= 11 is 0. The van der Waals surface area contributed by atoms with Crippen molar-refractivity contribution >= 4 is 5.97 Å². The molecule has 0 saturated carbocycles. The minimum atomic E-state index is -0.975. The van der Waals surface area contributed by atoms with Gasteiger partial charge in [0.2, 0.25) is 0 Å². The number of carbonyl (C=O) groups is 1. The van der Waals surface area contributed by atoms with E-state index in [0.29, 0.717) is 6.42 Å². The third kappa shape index (κ3) is 11.6. The number of esters is 1. The van der Waals surface area contributed by atoms with Crippen molar-refractivity contribution in [2.75, 3.05) is 19.8 Å². The highest BCUT2D eigenvalue weighted by atomic mass is 16.5. The van der Waals surface area contributed by atoms with Gasteiger partial charge in [-0.2, -0.15) is 0 Å². The molecule has 0 aliphatic carbocycles. The summed E-state index contributed by atoms with van der Waals surface area (Å²) in [7, 11) is 0. The molecule has 0 aliphatic rings. The minimum Gasteiger partial charge on any atom is -0.463 e. The van der Waals surface area contributed by atoms with Crippen molar-refractivity contribution in [2.24, 2.45) is 0 Å². The van der Waals surface area contributed by atoms with Crippen LogP contribution in [0.2, 0.25) is 0 Å². The Morgan fingerprint density at radius 2 is 1.59 bits per heavy atom. The second-order valence-corrected chi connectivity index (χ2v) is 4.11. The maximum Gasteiger partial charge on any atom is 0.305 e. The summed E-state index contributed by atoms with van der Waals surface area (Å²) in [6.07, 6.45) is 5.17. The molecule has 102 valence electrons. The van der Waals surface area contributed by atoms with Crippen LogP contribution in [0.25, 0.3) is 0 Å². The van der Waals surface area contributed by atoms with Crippen LogP contribution >= 0.6 is 0 Å². The molecule has 1 atom stereocenters. The first-order valence-electron chi connectivity index (χ1n) is 6.26. The Morgan fingerprint density at radius 3 is 2.18 bits per heavy atom. The lowest BCUT2D eigenvalue weighted by Crippen LogP contribution is -2.21. The molecule has 0 aromatic carbocycles. The highest BCUT2D eigenvalue weighted by Gasteiger charge is 2.07. The molecule has 0 aromatic heterocycles. The van der Waals surface area contributed by atoms with Gasteiger partial charge in [0.05, 0.1) is 6.61 Å². The van der Waals surface area contributed by atoms with Crippen molar-refractivity contribution in [3.63, 3.8) is 0 Å². The highest BCUT2D eigenvalue weighted by molar-refractivity contribution is 5.69. The third-order valence-electron chi connectivity index (χ3n) is 2.44. The molecule has 5 nitrogen and oxygen atoms in total. The van der Waals surface area contributed by atoms with Crippen LogP contribution in [-0.4, -0.2) is 47.2 Å². The lowest BCUT2D eigenvalue weighted by atomic mass is 10.1. The standard InChI is InChI=1S/C12H24O5/c13-8-6-4-2-1-3-5-7-12(16)17-10-11(15)9-14/h11,13-15H,1-10H2. The van der Waals surface area contributed by atoms with Crippen molar-refractivity contribution in [3.8, 4) is 0 Å². The molecule has 0 saturated heterocycles. The molecule has 0 bridgehead atoms. The minimum absolute atomic E-state index is 0.133. The number of aliphatic hydroxyl groups excluding tert-OH is 3. The lowest BCUT2D eigenvalue weighted by molar-refractivity contribution is -0.147. The highest BCUT2D eigenvalue weighted by Crippen LogP contribution is 2.07. The van der Waals surface area contributed by atoms with Crippen molar-refractivity contribution in [3.05, 3.63) is 0 Å². The van der Waals surface area contributed by atoms with Crippen molar-refractivity contribution in [2.45, 2.75) is 51.0 Å². The molecule has 1 unspecified atom stereocenters. The topological polar surface area (TPSA) is 87.0 Å². The number of aliphatic hydroxyl groups is 3. The lowest BCUT2D eigenvalue weighted by Gasteiger charge is -2.08. The van der Waals surface area contributed by atoms with Crippen molar-refractivity contribution in [1.29, 1.82) is 0 Å². The first-order chi connectivity index (χ1) is 8.20. The van der Waals surface area contributed by atoms with Gasteiger partial charge in [0.1, 0.15) is 12.7 Å². The van der Waals surface area contributed by atoms with Gasteiger partial charge < -0.3 is 20.1 Å². The van der Waals surface area contributed by atoms with Gasteiger partial charge in [0.15, 0.2) is 0 Å². The van der Waals surface area contributed by atoms with Gasteiger partial charge in [0.25, 0.3) is 0 Å². The van der Waals surface area contributed by atoms with Gasteiger partial charge in [-0.3, -0.25) is 4.79 Å². The third-order valence-corrected chi connectivity index (χ3v) is 2.44. The summed E-state index contributed by atoms with van der Waals surface area (Å²) in [6.45, 7) is -0.274. The van der Waals surface area contributed by atoms with Gasteiger partial charge in [-0.05, 0) is 12.8 Å². The molecule has 0 rings (SSSR count). The monoisotopic (exact) mass is 248 g/mol. The molecule has 0 radical (unpaired) electrons. The molecule has 17 heavy (non-hydrogen) atoms. The van der Waals surface area contributed by atoms with Crippen molar-refractivity contribution < 1.29 is 24.9 Å². The van der Waals surface area contributed by atoms with Crippen molar-refractivity contribution in [1.82, 2.24) is 0 Å². The molecular formula is C12H24O5. The number of hydrogen-bond donors (Lipinski definition) is 3. The molecule has 0 amide bonds. The fraction of sp³-hybridized carbons (Fsp3) is 0.917. The Kier molecular flexibility index (Phi) is 11.4. The second-order valence-electron chi connectivity index (χ2n) is 4.11. The van der Waals surface area contributed by atoms with E-state index in [4.69, 9.17) is 20.1 Å². The Hall–Kier alpha value is -0.650. The van der Waals surface area contributed by atoms with E-state index >= 15 is 0 Å². The predicted molar refractivity (Wildman–Crippen MR) is 63.5 cm³/mol. The largest absolute Gasteiger partial charge is 0.463 e. The van der Waals surface area contributed by atoms with Crippen LogP contribution in [0.4, 0.5) is 0 Å². The molecule has 0 heterocycles. The van der Waals surface area contributed by atoms with E-state index in [-0.39, 0.29) is 19.2 Å². The fourth-order valence-electron chi connectivity index (χ4n) is 1.40. The van der Waals surface area contributed by atoms with Crippen LogP contribution in [0.15, 0.2) is 0 Å². The molecule has 0 spiro atoms. The van der Waals surface area contributed by atoms with E-state index < -0.39 is 12.7 Å². The van der Waals surface area contributed by atoms with Gasteiger partial charge in [-0.1, -0.05) is 25.7 Å². The normalized spacial score (nSPS) is 12.4. The maximum atomic E-state index is 11.2. The Balaban J connectivity index is 3.22. The summed E-state index contributed by atoms with van der Waals surface area (Å²) < 4.78 is 4.76. The van der Waals surface area contributed by atoms with Crippen LogP contribution < -0.4 is 0 Å². The molecule has 5 heteroatoms. The van der Waals surface area contributed by atoms with E-state index in [9.17, 15) is 4.79 Å². The smallest absolute Gasteiger partial charge is 0.305 e. The van der Waals surface area contributed by atoms with Crippen LogP contribution in [-0.2, 0) is 9.53 Å². The van der Waals surface area contributed by atoms with Crippen LogP contribution in [0.3, 0.4) is 0 Å². The van der Waals surface area contributed by atoms with Gasteiger partial charge >= 0.3 is 5.97 Å². The summed E-state index contributed by atoms with van der Waals surface area (Å²) in [5.74, 6) is -0.326. The SMILES string of the molecule is O=C(CCCCCCCCO)OCC(O)CO. The maximum absolute atomic E-state index is 11.2. The Morgan fingerprint density at radius 1 is 1.00 bits per heavy atom. The molecule has 0 aromatic rings. The molecule has 3 N–H and O–H groups in total. The van der Waals surface area contributed by atoms with E-state index in [1.54, 1.807) is 0 Å². The van der Waals surface area contributed by atoms with Crippen LogP contribution in [0.1, 0.15) is 44.9 Å². The van der Waals surface area contributed by atoms with E-state index in [1.807, 2.05) is 0 Å². The van der Waals surface area contributed by atoms with Crippen LogP contribution in [0.5, 0.6) is 0 Å². The zero-order valence-corrected chi connectivity index (χ0v) is 10.3.